The number of amides is 1. The van der Waals surface area contributed by atoms with Gasteiger partial charge in [0.2, 0.25) is 5.91 Å². The molecule has 2 atom stereocenters. The van der Waals surface area contributed by atoms with Crippen molar-refractivity contribution in [1.29, 1.82) is 0 Å². The van der Waals surface area contributed by atoms with Crippen LogP contribution in [0.3, 0.4) is 0 Å². The van der Waals surface area contributed by atoms with Gasteiger partial charge in [0, 0.05) is 12.8 Å². The molecule has 1 aliphatic rings. The fourth-order valence-electron chi connectivity index (χ4n) is 3.28. The van der Waals surface area contributed by atoms with E-state index in [1.54, 1.807) is 14.2 Å². The van der Waals surface area contributed by atoms with Crippen molar-refractivity contribution in [3.8, 4) is 11.5 Å². The number of aliphatic hydroxyl groups excluding tert-OH is 1. The van der Waals surface area contributed by atoms with Gasteiger partial charge in [0.05, 0.1) is 26.4 Å². The van der Waals surface area contributed by atoms with Crippen LogP contribution in [0.15, 0.2) is 42.5 Å². The average molecular weight is 341 g/mol. The summed E-state index contributed by atoms with van der Waals surface area (Å²) in [6, 6.07) is 13.2. The summed E-state index contributed by atoms with van der Waals surface area (Å²) < 4.78 is 10.6. The maximum Gasteiger partial charge on any atom is 0.220 e. The zero-order valence-electron chi connectivity index (χ0n) is 14.5. The molecule has 0 saturated heterocycles. The Morgan fingerprint density at radius 1 is 1.16 bits per heavy atom. The largest absolute Gasteiger partial charge is 0.493 e. The number of rotatable bonds is 6. The van der Waals surface area contributed by atoms with Crippen molar-refractivity contribution in [2.24, 2.45) is 0 Å². The number of methoxy groups -OCH3 is 2. The summed E-state index contributed by atoms with van der Waals surface area (Å²) in [5, 5.41) is 13.3. The Morgan fingerprint density at radius 2 is 1.84 bits per heavy atom. The second-order valence-electron chi connectivity index (χ2n) is 6.21. The van der Waals surface area contributed by atoms with E-state index in [-0.39, 0.29) is 5.91 Å². The smallest absolute Gasteiger partial charge is 0.220 e. The van der Waals surface area contributed by atoms with Crippen molar-refractivity contribution < 1.29 is 19.4 Å². The van der Waals surface area contributed by atoms with Crippen LogP contribution in [0, 0.1) is 0 Å². The molecule has 0 saturated carbocycles. The van der Waals surface area contributed by atoms with Crippen molar-refractivity contribution in [2.75, 3.05) is 14.2 Å². The van der Waals surface area contributed by atoms with Crippen LogP contribution < -0.4 is 14.8 Å². The zero-order valence-corrected chi connectivity index (χ0v) is 14.5. The number of aryl methyl sites for hydroxylation is 1. The first kappa shape index (κ1) is 17.3. The van der Waals surface area contributed by atoms with Crippen molar-refractivity contribution in [3.63, 3.8) is 0 Å². The minimum Gasteiger partial charge on any atom is -0.493 e. The normalized spacial score (nSPS) is 18.5. The van der Waals surface area contributed by atoms with E-state index in [1.165, 1.54) is 0 Å². The molecule has 2 aromatic carbocycles. The van der Waals surface area contributed by atoms with Gasteiger partial charge in [0.1, 0.15) is 0 Å². The van der Waals surface area contributed by atoms with Gasteiger partial charge in [0.25, 0.3) is 0 Å². The van der Waals surface area contributed by atoms with Gasteiger partial charge in [-0.05, 0) is 35.2 Å². The van der Waals surface area contributed by atoms with Gasteiger partial charge in [-0.3, -0.25) is 4.79 Å². The van der Waals surface area contributed by atoms with E-state index < -0.39 is 12.1 Å². The molecule has 0 heterocycles. The molecule has 3 rings (SSSR count). The van der Waals surface area contributed by atoms with Gasteiger partial charge in [-0.15, -0.1) is 0 Å². The number of carbonyl (C=O) groups is 1. The van der Waals surface area contributed by atoms with Crippen molar-refractivity contribution >= 4 is 5.91 Å². The highest BCUT2D eigenvalue weighted by Crippen LogP contribution is 2.39. The standard InChI is InChI=1S/C20H23NO4/c1-24-17-11-14-10-16(22)20(15(14)12-18(17)25-2)21-19(23)9-8-13-6-4-3-5-7-13/h3-7,11-12,16,20,22H,8-10H2,1-2H3,(H,21,23)/t16-,20-/m1/s1. The highest BCUT2D eigenvalue weighted by Gasteiger charge is 2.33. The minimum absolute atomic E-state index is 0.0736. The van der Waals surface area contributed by atoms with Crippen LogP contribution in [0.2, 0.25) is 0 Å². The number of nitrogens with one attached hydrogen (secondary N) is 1. The van der Waals surface area contributed by atoms with Crippen LogP contribution in [0.4, 0.5) is 0 Å². The lowest BCUT2D eigenvalue weighted by molar-refractivity contribution is -0.122. The third-order valence-electron chi connectivity index (χ3n) is 4.59. The first-order chi connectivity index (χ1) is 12.1. The van der Waals surface area contributed by atoms with Crippen LogP contribution >= 0.6 is 0 Å². The quantitative estimate of drug-likeness (QED) is 0.847. The summed E-state index contributed by atoms with van der Waals surface area (Å²) in [7, 11) is 3.15. The van der Waals surface area contributed by atoms with E-state index in [4.69, 9.17) is 9.47 Å². The van der Waals surface area contributed by atoms with Gasteiger partial charge in [0.15, 0.2) is 11.5 Å². The lowest BCUT2D eigenvalue weighted by Gasteiger charge is -2.19. The third kappa shape index (κ3) is 3.77. The molecule has 0 bridgehead atoms. The maximum absolute atomic E-state index is 12.3. The highest BCUT2D eigenvalue weighted by molar-refractivity contribution is 5.77. The number of hydrogen-bond acceptors (Lipinski definition) is 4. The van der Waals surface area contributed by atoms with Gasteiger partial charge in [-0.1, -0.05) is 30.3 Å². The summed E-state index contributed by atoms with van der Waals surface area (Å²) >= 11 is 0. The van der Waals surface area contributed by atoms with E-state index in [2.05, 4.69) is 5.32 Å². The Bertz CT molecular complexity index is 745. The molecule has 0 fully saturated rings. The predicted octanol–water partition coefficient (Wildman–Crippen LogP) is 2.41. The molecule has 5 nitrogen and oxygen atoms in total. The number of fused-ring (bicyclic) bond motifs is 1. The Balaban J connectivity index is 1.70. The first-order valence-corrected chi connectivity index (χ1v) is 8.38. The van der Waals surface area contributed by atoms with Crippen molar-refractivity contribution in [1.82, 2.24) is 5.32 Å². The van der Waals surface area contributed by atoms with Gasteiger partial charge in [-0.25, -0.2) is 0 Å². The van der Waals surface area contributed by atoms with Crippen molar-refractivity contribution in [2.45, 2.75) is 31.4 Å². The van der Waals surface area contributed by atoms with E-state index in [9.17, 15) is 9.90 Å². The Morgan fingerprint density at radius 3 is 2.52 bits per heavy atom. The number of benzene rings is 2. The summed E-state index contributed by atoms with van der Waals surface area (Å²) in [4.78, 5) is 12.3. The minimum atomic E-state index is -0.646. The van der Waals surface area contributed by atoms with Gasteiger partial charge in [-0.2, -0.15) is 0 Å². The molecule has 1 aliphatic carbocycles. The van der Waals surface area contributed by atoms with Gasteiger partial charge >= 0.3 is 0 Å². The molecule has 0 spiro atoms. The maximum atomic E-state index is 12.3. The van der Waals surface area contributed by atoms with Crippen LogP contribution in [-0.4, -0.2) is 31.3 Å². The second-order valence-corrected chi connectivity index (χ2v) is 6.21. The monoisotopic (exact) mass is 341 g/mol. The second kappa shape index (κ2) is 7.57. The Kier molecular flexibility index (Phi) is 5.24. The molecular formula is C20H23NO4. The molecule has 0 unspecified atom stereocenters. The molecule has 2 N–H and O–H groups in total. The van der Waals surface area contributed by atoms with Crippen LogP contribution in [-0.2, 0) is 17.6 Å². The van der Waals surface area contributed by atoms with E-state index in [1.807, 2.05) is 42.5 Å². The summed E-state index contributed by atoms with van der Waals surface area (Å²) in [6.07, 6.45) is 0.899. The van der Waals surface area contributed by atoms with Crippen LogP contribution in [0.25, 0.3) is 0 Å². The molecule has 2 aromatic rings. The lowest BCUT2D eigenvalue weighted by atomic mass is 10.1. The Labute approximate surface area is 147 Å². The molecule has 25 heavy (non-hydrogen) atoms. The number of carbonyl (C=O) groups excluding carboxylic acids is 1. The van der Waals surface area contributed by atoms with Crippen LogP contribution in [0.1, 0.15) is 29.2 Å². The fourth-order valence-corrected chi connectivity index (χ4v) is 3.28. The highest BCUT2D eigenvalue weighted by atomic mass is 16.5. The molecule has 1 amide bonds. The van der Waals surface area contributed by atoms with E-state index in [0.717, 1.165) is 16.7 Å². The molecule has 132 valence electrons. The van der Waals surface area contributed by atoms with E-state index >= 15 is 0 Å². The van der Waals surface area contributed by atoms with E-state index in [0.29, 0.717) is 30.8 Å². The number of ether oxygens (including phenoxy) is 2. The molecule has 5 heteroatoms. The van der Waals surface area contributed by atoms with Crippen molar-refractivity contribution in [3.05, 3.63) is 59.2 Å². The Hall–Kier alpha value is -2.53. The topological polar surface area (TPSA) is 67.8 Å². The van der Waals surface area contributed by atoms with Gasteiger partial charge < -0.3 is 19.9 Å². The zero-order chi connectivity index (χ0) is 17.8. The molecule has 0 aliphatic heterocycles. The SMILES string of the molecule is COc1cc2c(cc1OC)[C@@H](NC(=O)CCc1ccccc1)[C@H](O)C2. The summed E-state index contributed by atoms with van der Waals surface area (Å²) in [5.74, 6) is 1.15. The average Bonchev–Trinajstić information content (AvgIpc) is 2.94. The first-order valence-electron chi connectivity index (χ1n) is 8.38. The fraction of sp³-hybridized carbons (Fsp3) is 0.350. The number of aliphatic hydroxyl groups is 1. The number of hydrogen-bond donors (Lipinski definition) is 2. The van der Waals surface area contributed by atoms with Crippen LogP contribution in [0.5, 0.6) is 11.5 Å². The predicted molar refractivity (Wildman–Crippen MR) is 94.9 cm³/mol. The third-order valence-corrected chi connectivity index (χ3v) is 4.59. The lowest BCUT2D eigenvalue weighted by Crippen LogP contribution is -2.34. The summed E-state index contributed by atoms with van der Waals surface area (Å²) in [6.45, 7) is 0. The molecular weight excluding hydrogens is 318 g/mol. The summed E-state index contributed by atoms with van der Waals surface area (Å²) in [5.41, 5.74) is 2.98. The molecule has 0 radical (unpaired) electrons. The molecule has 0 aromatic heterocycles.